The van der Waals surface area contributed by atoms with E-state index in [2.05, 4.69) is 25.1 Å². The third-order valence-corrected chi connectivity index (χ3v) is 1.90. The van der Waals surface area contributed by atoms with Gasteiger partial charge in [0.25, 0.3) is 0 Å². The Labute approximate surface area is 60.6 Å². The van der Waals surface area contributed by atoms with Crippen molar-refractivity contribution in [3.63, 3.8) is 0 Å². The second-order valence-corrected chi connectivity index (χ2v) is 2.58. The van der Waals surface area contributed by atoms with Gasteiger partial charge in [-0.15, -0.1) is 0 Å². The average molecular weight is 134 g/mol. The minimum atomic E-state index is 0.773. The number of hydrogen-bond acceptors (Lipinski definition) is 1. The van der Waals surface area contributed by atoms with E-state index in [0.29, 0.717) is 0 Å². The van der Waals surface area contributed by atoms with Crippen molar-refractivity contribution in [2.24, 2.45) is 0 Å². The van der Waals surface area contributed by atoms with Crippen molar-refractivity contribution in [1.82, 2.24) is 0 Å². The van der Waals surface area contributed by atoms with Crippen LogP contribution in [0, 0.1) is 0 Å². The van der Waals surface area contributed by atoms with Crippen LogP contribution in [0.2, 0.25) is 0 Å². The zero-order valence-corrected chi connectivity index (χ0v) is 6.05. The Kier molecular flexibility index (Phi) is 1.16. The minimum absolute atomic E-state index is 0.773. The fraction of sp³-hybridized carbons (Fsp3) is 0.333. The molecule has 1 nitrogen and oxygen atoms in total. The normalized spacial score (nSPS) is 13.3. The lowest BCUT2D eigenvalue weighted by Crippen LogP contribution is -2.05. The lowest BCUT2D eigenvalue weighted by molar-refractivity contribution is 0.291. The average Bonchev–Trinajstić information content (AvgIpc) is 2.06. The molecule has 0 aliphatic carbocycles. The molecule has 0 radical (unpaired) electrons. The molecule has 2 aliphatic heterocycles. The molecule has 0 atom stereocenters. The van der Waals surface area contributed by atoms with Crippen molar-refractivity contribution in [2.75, 3.05) is 0 Å². The molecular weight excluding hydrogens is 124 g/mol. The Morgan fingerprint density at radius 2 is 2.40 bits per heavy atom. The first kappa shape index (κ1) is 5.78. The lowest BCUT2D eigenvalue weighted by Gasteiger charge is -2.17. The number of benzene rings is 1. The maximum Gasteiger partial charge on any atom is 0.123 e. The molecule has 2 aliphatic rings. The van der Waals surface area contributed by atoms with E-state index in [1.165, 1.54) is 11.1 Å². The number of hydrogen-bond donors (Lipinski definition) is 0. The molecule has 0 spiro atoms. The van der Waals surface area contributed by atoms with E-state index in [1.54, 1.807) is 0 Å². The van der Waals surface area contributed by atoms with Crippen LogP contribution in [0.25, 0.3) is 0 Å². The van der Waals surface area contributed by atoms with Gasteiger partial charge < -0.3 is 4.74 Å². The van der Waals surface area contributed by atoms with Crippen LogP contribution in [0.3, 0.4) is 0 Å². The van der Waals surface area contributed by atoms with E-state index in [9.17, 15) is 0 Å². The van der Waals surface area contributed by atoms with Gasteiger partial charge in [-0.05, 0) is 29.7 Å². The lowest BCUT2D eigenvalue weighted by atomic mass is 10.1. The summed E-state index contributed by atoms with van der Waals surface area (Å²) in [5.74, 6) is 1.07. The van der Waals surface area contributed by atoms with Gasteiger partial charge >= 0.3 is 0 Å². The number of ether oxygens (including phenoxy) is 1. The Morgan fingerprint density at radius 3 is 2.70 bits per heavy atom. The first-order valence-electron chi connectivity index (χ1n) is 3.65. The Morgan fingerprint density at radius 1 is 1.50 bits per heavy atom. The van der Waals surface area contributed by atoms with Crippen LogP contribution in [0.15, 0.2) is 18.2 Å². The highest BCUT2D eigenvalue weighted by molar-refractivity contribution is 5.40. The fourth-order valence-electron chi connectivity index (χ4n) is 1.30. The third-order valence-electron chi connectivity index (χ3n) is 1.90. The van der Waals surface area contributed by atoms with Gasteiger partial charge in [0, 0.05) is 0 Å². The molecule has 0 amide bonds. The van der Waals surface area contributed by atoms with Crippen LogP contribution in [-0.2, 0) is 13.0 Å². The quantitative estimate of drug-likeness (QED) is 0.571. The molecule has 3 rings (SSSR count). The summed E-state index contributed by atoms with van der Waals surface area (Å²) in [7, 11) is 0. The molecule has 0 unspecified atom stereocenters. The number of fused-ring (bicyclic) bond motifs is 3. The zero-order valence-electron chi connectivity index (χ0n) is 6.05. The largest absolute Gasteiger partial charge is 0.489 e. The summed E-state index contributed by atoms with van der Waals surface area (Å²) >= 11 is 0. The van der Waals surface area contributed by atoms with Gasteiger partial charge in [-0.1, -0.05) is 13.0 Å². The van der Waals surface area contributed by atoms with Gasteiger partial charge in [0.2, 0.25) is 0 Å². The second-order valence-electron chi connectivity index (χ2n) is 2.58. The topological polar surface area (TPSA) is 9.23 Å². The van der Waals surface area contributed by atoms with Gasteiger partial charge in [0.05, 0.1) is 0 Å². The van der Waals surface area contributed by atoms with Crippen LogP contribution < -0.4 is 4.74 Å². The molecule has 0 fully saturated rings. The first-order valence-corrected chi connectivity index (χ1v) is 3.65. The molecule has 0 N–H and O–H groups in total. The fourth-order valence-corrected chi connectivity index (χ4v) is 1.30. The van der Waals surface area contributed by atoms with Crippen LogP contribution in [0.1, 0.15) is 18.1 Å². The Bertz CT molecular complexity index is 253. The van der Waals surface area contributed by atoms with Gasteiger partial charge in [-0.25, -0.2) is 0 Å². The highest BCUT2D eigenvalue weighted by Gasteiger charge is 2.09. The van der Waals surface area contributed by atoms with E-state index in [4.69, 9.17) is 4.74 Å². The minimum Gasteiger partial charge on any atom is -0.489 e. The smallest absolute Gasteiger partial charge is 0.123 e. The predicted molar refractivity (Wildman–Crippen MR) is 40.2 cm³/mol. The van der Waals surface area contributed by atoms with Gasteiger partial charge in [0.15, 0.2) is 0 Å². The van der Waals surface area contributed by atoms with Gasteiger partial charge in [-0.2, -0.15) is 0 Å². The maximum absolute atomic E-state index is 5.40. The molecule has 10 heavy (non-hydrogen) atoms. The first-order chi connectivity index (χ1) is 4.90. The van der Waals surface area contributed by atoms with Crippen molar-refractivity contribution < 1.29 is 4.74 Å². The Hall–Kier alpha value is -0.980. The second kappa shape index (κ2) is 2.01. The van der Waals surface area contributed by atoms with Crippen LogP contribution >= 0.6 is 0 Å². The zero-order chi connectivity index (χ0) is 6.97. The summed E-state index contributed by atoms with van der Waals surface area (Å²) in [5, 5.41) is 0. The van der Waals surface area contributed by atoms with Gasteiger partial charge in [-0.3, -0.25) is 0 Å². The van der Waals surface area contributed by atoms with Crippen LogP contribution in [-0.4, -0.2) is 0 Å². The molecule has 2 bridgehead atoms. The summed E-state index contributed by atoms with van der Waals surface area (Å²) < 4.78 is 5.40. The summed E-state index contributed by atoms with van der Waals surface area (Å²) in [6.45, 7) is 2.92. The van der Waals surface area contributed by atoms with Gasteiger partial charge in [0.1, 0.15) is 12.4 Å². The predicted octanol–water partition coefficient (Wildman–Crippen LogP) is 2.14. The van der Waals surface area contributed by atoms with Crippen molar-refractivity contribution in [3.05, 3.63) is 29.3 Å². The van der Waals surface area contributed by atoms with E-state index >= 15 is 0 Å². The summed E-state index contributed by atoms with van der Waals surface area (Å²) in [5.41, 5.74) is 2.63. The molecule has 0 aromatic heterocycles. The molecule has 1 aromatic rings. The standard InChI is InChI=1S/C9H10O/c1-2-8-5-7-3-4-9(8)10-6-7/h3-5H,2,6H2,1H3. The van der Waals surface area contributed by atoms with Crippen molar-refractivity contribution in [2.45, 2.75) is 20.0 Å². The molecule has 0 saturated carbocycles. The summed E-state index contributed by atoms with van der Waals surface area (Å²) in [4.78, 5) is 0. The molecule has 2 heterocycles. The molecule has 52 valence electrons. The summed E-state index contributed by atoms with van der Waals surface area (Å²) in [6.07, 6.45) is 1.07. The third kappa shape index (κ3) is 0.703. The number of aryl methyl sites for hydroxylation is 1. The van der Waals surface area contributed by atoms with Crippen molar-refractivity contribution in [3.8, 4) is 5.75 Å². The van der Waals surface area contributed by atoms with Crippen LogP contribution in [0.5, 0.6) is 5.75 Å². The van der Waals surface area contributed by atoms with E-state index in [-0.39, 0.29) is 0 Å². The summed E-state index contributed by atoms with van der Waals surface area (Å²) in [6, 6.07) is 6.40. The van der Waals surface area contributed by atoms with E-state index < -0.39 is 0 Å². The molecular formula is C9H10O. The van der Waals surface area contributed by atoms with E-state index in [0.717, 1.165) is 18.8 Å². The molecule has 0 saturated heterocycles. The van der Waals surface area contributed by atoms with Crippen LogP contribution in [0.4, 0.5) is 0 Å². The van der Waals surface area contributed by atoms with E-state index in [1.807, 2.05) is 0 Å². The van der Waals surface area contributed by atoms with Crippen molar-refractivity contribution in [1.29, 1.82) is 0 Å². The number of rotatable bonds is 1. The highest BCUT2D eigenvalue weighted by atomic mass is 16.5. The Balaban J connectivity index is 2.55. The SMILES string of the molecule is CCc1cc2ccc1OC2. The highest BCUT2D eigenvalue weighted by Crippen LogP contribution is 2.26. The monoisotopic (exact) mass is 134 g/mol. The maximum atomic E-state index is 5.40. The molecule has 1 aromatic carbocycles. The molecule has 1 heteroatoms. The van der Waals surface area contributed by atoms with Crippen molar-refractivity contribution >= 4 is 0 Å².